The molecule has 138 valence electrons. The van der Waals surface area contributed by atoms with Crippen LogP contribution in [-0.4, -0.2) is 31.9 Å². The summed E-state index contributed by atoms with van der Waals surface area (Å²) >= 11 is 0. The van der Waals surface area contributed by atoms with Crippen molar-refractivity contribution in [1.29, 1.82) is 0 Å². The van der Waals surface area contributed by atoms with Crippen molar-refractivity contribution in [2.75, 3.05) is 5.32 Å². The molecule has 0 fully saturated rings. The van der Waals surface area contributed by atoms with E-state index in [1.807, 2.05) is 11.6 Å². The normalized spacial score (nSPS) is 16.5. The molecular formula is C19H23N3O4. The summed E-state index contributed by atoms with van der Waals surface area (Å²) in [7, 11) is 0. The van der Waals surface area contributed by atoms with Crippen LogP contribution < -0.4 is 5.32 Å². The summed E-state index contributed by atoms with van der Waals surface area (Å²) in [6.07, 6.45) is 1.16. The molecule has 3 N–H and O–H groups in total. The summed E-state index contributed by atoms with van der Waals surface area (Å²) in [5.74, 6) is -0.696. The molecule has 0 radical (unpaired) electrons. The Bertz CT molecular complexity index is 870. The van der Waals surface area contributed by atoms with Gasteiger partial charge in [0.1, 0.15) is 17.1 Å². The molecule has 0 bridgehead atoms. The van der Waals surface area contributed by atoms with Crippen molar-refractivity contribution < 1.29 is 19.8 Å². The number of aryl methyl sites for hydroxylation is 2. The summed E-state index contributed by atoms with van der Waals surface area (Å²) in [4.78, 5) is 23.6. The molecule has 0 saturated heterocycles. The Morgan fingerprint density at radius 1 is 1.42 bits per heavy atom. The van der Waals surface area contributed by atoms with Crippen molar-refractivity contribution in [2.24, 2.45) is 5.92 Å². The topological polar surface area (TPSA) is 104 Å². The number of carboxylic acids is 1. The quantitative estimate of drug-likeness (QED) is 0.763. The van der Waals surface area contributed by atoms with Crippen LogP contribution in [0.1, 0.15) is 59.8 Å². The van der Waals surface area contributed by atoms with Crippen LogP contribution in [0.25, 0.3) is 0 Å². The van der Waals surface area contributed by atoms with Gasteiger partial charge in [-0.25, -0.2) is 9.48 Å². The van der Waals surface area contributed by atoms with Crippen LogP contribution in [-0.2, 0) is 11.3 Å². The second-order valence-electron chi connectivity index (χ2n) is 7.14. The van der Waals surface area contributed by atoms with Gasteiger partial charge in [-0.1, -0.05) is 19.9 Å². The molecule has 2 aromatic rings. The maximum atomic E-state index is 12.3. The van der Waals surface area contributed by atoms with Crippen LogP contribution in [0.3, 0.4) is 0 Å². The molecule has 0 spiro atoms. The molecule has 3 rings (SSSR count). The van der Waals surface area contributed by atoms with Crippen molar-refractivity contribution >= 4 is 17.7 Å². The lowest BCUT2D eigenvalue weighted by Crippen LogP contribution is -2.25. The van der Waals surface area contributed by atoms with Crippen molar-refractivity contribution in [1.82, 2.24) is 9.78 Å². The van der Waals surface area contributed by atoms with E-state index >= 15 is 0 Å². The van der Waals surface area contributed by atoms with Crippen molar-refractivity contribution in [3.8, 4) is 5.75 Å². The lowest BCUT2D eigenvalue weighted by molar-refractivity contribution is -0.116. The first-order valence-corrected chi connectivity index (χ1v) is 8.71. The number of carbonyl (C=O) groups excluding carboxylic acids is 1. The lowest BCUT2D eigenvalue weighted by Gasteiger charge is -2.25. The van der Waals surface area contributed by atoms with E-state index in [-0.39, 0.29) is 29.6 Å². The highest BCUT2D eigenvalue weighted by Crippen LogP contribution is 2.40. The molecule has 26 heavy (non-hydrogen) atoms. The minimum atomic E-state index is -1.20. The molecule has 1 aliphatic rings. The van der Waals surface area contributed by atoms with E-state index in [2.05, 4.69) is 24.3 Å². The van der Waals surface area contributed by atoms with Gasteiger partial charge >= 0.3 is 5.97 Å². The average Bonchev–Trinajstić information content (AvgIpc) is 2.88. The van der Waals surface area contributed by atoms with Crippen molar-refractivity contribution in [3.05, 3.63) is 40.6 Å². The van der Waals surface area contributed by atoms with Gasteiger partial charge in [0.15, 0.2) is 0 Å². The molecule has 0 aliphatic carbocycles. The van der Waals surface area contributed by atoms with E-state index in [1.54, 1.807) is 6.07 Å². The molecule has 1 aromatic carbocycles. The van der Waals surface area contributed by atoms with Gasteiger partial charge in [-0.3, -0.25) is 4.79 Å². The van der Waals surface area contributed by atoms with E-state index in [1.165, 1.54) is 12.1 Å². The molecule has 7 heteroatoms. The van der Waals surface area contributed by atoms with Gasteiger partial charge in [-0.05, 0) is 37.0 Å². The van der Waals surface area contributed by atoms with Gasteiger partial charge in [0, 0.05) is 24.4 Å². The van der Waals surface area contributed by atoms with Crippen LogP contribution >= 0.6 is 0 Å². The Balaban J connectivity index is 2.05. The first-order valence-electron chi connectivity index (χ1n) is 8.71. The second-order valence-corrected chi connectivity index (χ2v) is 7.14. The third kappa shape index (κ3) is 3.29. The number of carboxylic acid groups (broad SMARTS) is 1. The molecule has 1 atom stereocenters. The number of fused-ring (bicyclic) bond motifs is 1. The van der Waals surface area contributed by atoms with Crippen LogP contribution in [0, 0.1) is 12.8 Å². The molecule has 1 amide bonds. The third-order valence-corrected chi connectivity index (χ3v) is 4.74. The van der Waals surface area contributed by atoms with E-state index < -0.39 is 5.97 Å². The molecule has 1 aromatic heterocycles. The Morgan fingerprint density at radius 2 is 2.15 bits per heavy atom. The second kappa shape index (κ2) is 6.82. The van der Waals surface area contributed by atoms with E-state index in [9.17, 15) is 19.8 Å². The smallest absolute Gasteiger partial charge is 0.339 e. The number of aromatic hydroxyl groups is 1. The van der Waals surface area contributed by atoms with E-state index in [0.717, 1.165) is 17.7 Å². The fourth-order valence-corrected chi connectivity index (χ4v) is 3.38. The monoisotopic (exact) mass is 357 g/mol. The van der Waals surface area contributed by atoms with Gasteiger partial charge in [0.25, 0.3) is 0 Å². The highest BCUT2D eigenvalue weighted by molar-refractivity contribution is 5.95. The van der Waals surface area contributed by atoms with Gasteiger partial charge in [-0.2, -0.15) is 5.10 Å². The molecule has 1 aliphatic heterocycles. The Kier molecular flexibility index (Phi) is 4.71. The number of amides is 1. The fraction of sp³-hybridized carbons (Fsp3) is 0.421. The highest BCUT2D eigenvalue weighted by Gasteiger charge is 2.32. The number of aromatic carboxylic acids is 1. The number of anilines is 1. The molecular weight excluding hydrogens is 334 g/mol. The zero-order valence-corrected chi connectivity index (χ0v) is 15.1. The maximum Gasteiger partial charge on any atom is 0.339 e. The largest absolute Gasteiger partial charge is 0.507 e. The Labute approximate surface area is 151 Å². The summed E-state index contributed by atoms with van der Waals surface area (Å²) in [5.41, 5.74) is 2.25. The lowest BCUT2D eigenvalue weighted by atomic mass is 9.85. The number of hydrogen-bond donors (Lipinski definition) is 3. The van der Waals surface area contributed by atoms with Gasteiger partial charge < -0.3 is 15.5 Å². The number of phenols is 1. The van der Waals surface area contributed by atoms with Gasteiger partial charge in [-0.15, -0.1) is 0 Å². The van der Waals surface area contributed by atoms with E-state index in [4.69, 9.17) is 0 Å². The van der Waals surface area contributed by atoms with E-state index in [0.29, 0.717) is 23.8 Å². The summed E-state index contributed by atoms with van der Waals surface area (Å²) in [6, 6.07) is 4.47. The van der Waals surface area contributed by atoms with Crippen molar-refractivity contribution in [3.63, 3.8) is 0 Å². The first kappa shape index (κ1) is 18.0. The molecule has 1 unspecified atom stereocenters. The van der Waals surface area contributed by atoms with Crippen LogP contribution in [0.15, 0.2) is 18.2 Å². The predicted molar refractivity (Wildman–Crippen MR) is 96.6 cm³/mol. The maximum absolute atomic E-state index is 12.3. The zero-order chi connectivity index (χ0) is 19.0. The number of aromatic nitrogens is 2. The number of nitrogens with one attached hydrogen (secondary N) is 1. The summed E-state index contributed by atoms with van der Waals surface area (Å²) in [5, 5.41) is 26.5. The first-order chi connectivity index (χ1) is 12.3. The highest BCUT2D eigenvalue weighted by atomic mass is 16.4. The fourth-order valence-electron chi connectivity index (χ4n) is 3.38. The Hall–Kier alpha value is -2.83. The van der Waals surface area contributed by atoms with Crippen molar-refractivity contribution in [2.45, 2.75) is 46.1 Å². The minimum Gasteiger partial charge on any atom is -0.507 e. The number of carbonyl (C=O) groups is 2. The van der Waals surface area contributed by atoms with Crippen LogP contribution in [0.2, 0.25) is 0 Å². The molecule has 7 nitrogen and oxygen atoms in total. The third-order valence-electron chi connectivity index (χ3n) is 4.74. The standard InChI is InChI=1S/C19H23N3O4/c1-10(2)6-7-22-18-17(11(3)21-22)13(9-16(24)20-18)12-4-5-15(23)14(8-12)19(25)26/h4-5,8,10,13,23H,6-7,9H2,1-3H3,(H,20,24)(H,25,26). The van der Waals surface area contributed by atoms with Gasteiger partial charge in [0.2, 0.25) is 5.91 Å². The number of hydrogen-bond acceptors (Lipinski definition) is 4. The molecule has 0 saturated carbocycles. The predicted octanol–water partition coefficient (Wildman–Crippen LogP) is 3.12. The number of benzene rings is 1. The average molecular weight is 357 g/mol. The summed E-state index contributed by atoms with van der Waals surface area (Å²) in [6.45, 7) is 6.87. The number of nitrogens with zero attached hydrogens (tertiary/aromatic N) is 2. The SMILES string of the molecule is Cc1nn(CCC(C)C)c2c1C(c1ccc(O)c(C(=O)O)c1)CC(=O)N2. The number of rotatable bonds is 5. The Morgan fingerprint density at radius 3 is 2.81 bits per heavy atom. The molecule has 2 heterocycles. The zero-order valence-electron chi connectivity index (χ0n) is 15.1. The van der Waals surface area contributed by atoms with Gasteiger partial charge in [0.05, 0.1) is 5.69 Å². The summed E-state index contributed by atoms with van der Waals surface area (Å²) < 4.78 is 1.83. The minimum absolute atomic E-state index is 0.127. The van der Waals surface area contributed by atoms with Crippen LogP contribution in [0.4, 0.5) is 5.82 Å². The van der Waals surface area contributed by atoms with Crippen LogP contribution in [0.5, 0.6) is 5.75 Å².